The van der Waals surface area contributed by atoms with Crippen LogP contribution in [0.15, 0.2) is 24.4 Å². The number of pyridine rings is 1. The van der Waals surface area contributed by atoms with Gasteiger partial charge in [0, 0.05) is 41.3 Å². The van der Waals surface area contributed by atoms with Crippen LogP contribution < -0.4 is 15.5 Å². The SMILES string of the molecule is CNCCCCNC1CCC(N2CCc3cnc(O)c4cccc2c34)CC1. The van der Waals surface area contributed by atoms with Crippen molar-refractivity contribution in [3.63, 3.8) is 0 Å². The highest BCUT2D eigenvalue weighted by molar-refractivity contribution is 6.00. The highest BCUT2D eigenvalue weighted by Crippen LogP contribution is 2.39. The van der Waals surface area contributed by atoms with E-state index in [2.05, 4.69) is 32.7 Å². The van der Waals surface area contributed by atoms with E-state index in [4.69, 9.17) is 0 Å². The fourth-order valence-corrected chi connectivity index (χ4v) is 4.83. The standard InChI is InChI=1S/C22H32N4O/c1-23-12-2-3-13-24-17-7-9-18(10-8-17)26-14-11-16-15-25-22(27)19-5-4-6-20(26)21(16)19/h4-6,15,17-18,23-24H,2-3,7-14H2,1H3,(H,25,27). The summed E-state index contributed by atoms with van der Waals surface area (Å²) in [5, 5.41) is 19.2. The van der Waals surface area contributed by atoms with Crippen LogP contribution in [0.2, 0.25) is 0 Å². The van der Waals surface area contributed by atoms with E-state index in [0.29, 0.717) is 12.1 Å². The molecule has 2 aromatic rings. The van der Waals surface area contributed by atoms with E-state index in [1.807, 2.05) is 19.3 Å². The van der Waals surface area contributed by atoms with Crippen molar-refractivity contribution in [3.8, 4) is 5.88 Å². The number of rotatable bonds is 7. The largest absolute Gasteiger partial charge is 0.493 e. The molecule has 1 aromatic carbocycles. The molecule has 0 bridgehead atoms. The minimum Gasteiger partial charge on any atom is -0.493 e. The van der Waals surface area contributed by atoms with E-state index in [9.17, 15) is 5.11 Å². The molecular weight excluding hydrogens is 336 g/mol. The summed E-state index contributed by atoms with van der Waals surface area (Å²) in [5.74, 6) is 0.156. The van der Waals surface area contributed by atoms with Crippen molar-refractivity contribution >= 4 is 16.5 Å². The average Bonchev–Trinajstić information content (AvgIpc) is 2.71. The number of hydrogen-bond donors (Lipinski definition) is 3. The molecule has 0 saturated heterocycles. The van der Waals surface area contributed by atoms with Gasteiger partial charge in [0.15, 0.2) is 0 Å². The van der Waals surface area contributed by atoms with Crippen LogP contribution in [0, 0.1) is 0 Å². The Balaban J connectivity index is 1.39. The van der Waals surface area contributed by atoms with E-state index in [1.54, 1.807) is 0 Å². The summed E-state index contributed by atoms with van der Waals surface area (Å²) in [5.41, 5.74) is 2.56. The van der Waals surface area contributed by atoms with Crippen molar-refractivity contribution in [2.75, 3.05) is 31.6 Å². The molecule has 5 heteroatoms. The number of unbranched alkanes of at least 4 members (excludes halogenated alkanes) is 1. The van der Waals surface area contributed by atoms with Gasteiger partial charge < -0.3 is 20.6 Å². The van der Waals surface area contributed by atoms with E-state index in [0.717, 1.165) is 31.4 Å². The van der Waals surface area contributed by atoms with Gasteiger partial charge in [-0.2, -0.15) is 0 Å². The van der Waals surface area contributed by atoms with Crippen LogP contribution in [0.3, 0.4) is 0 Å². The third-order valence-corrected chi connectivity index (χ3v) is 6.30. The first kappa shape index (κ1) is 18.5. The first-order chi connectivity index (χ1) is 13.3. The first-order valence-corrected chi connectivity index (χ1v) is 10.5. The molecular formula is C22H32N4O. The Morgan fingerprint density at radius 1 is 1.15 bits per heavy atom. The predicted octanol–water partition coefficient (Wildman–Crippen LogP) is 3.20. The van der Waals surface area contributed by atoms with Crippen LogP contribution in [0.5, 0.6) is 5.88 Å². The van der Waals surface area contributed by atoms with Crippen molar-refractivity contribution < 1.29 is 5.11 Å². The topological polar surface area (TPSA) is 60.4 Å². The Morgan fingerprint density at radius 2 is 1.96 bits per heavy atom. The molecule has 27 heavy (non-hydrogen) atoms. The summed E-state index contributed by atoms with van der Waals surface area (Å²) >= 11 is 0. The Morgan fingerprint density at radius 3 is 2.78 bits per heavy atom. The molecule has 1 aliphatic carbocycles. The number of nitrogens with one attached hydrogen (secondary N) is 2. The molecule has 0 atom stereocenters. The van der Waals surface area contributed by atoms with Crippen LogP contribution >= 0.6 is 0 Å². The van der Waals surface area contributed by atoms with Crippen molar-refractivity contribution in [2.24, 2.45) is 0 Å². The summed E-state index contributed by atoms with van der Waals surface area (Å²) in [6.07, 6.45) is 10.4. The highest BCUT2D eigenvalue weighted by Gasteiger charge is 2.29. The molecule has 3 N–H and O–H groups in total. The minimum absolute atomic E-state index is 0.156. The van der Waals surface area contributed by atoms with Crippen LogP contribution in [0.4, 0.5) is 5.69 Å². The van der Waals surface area contributed by atoms with E-state index in [1.165, 1.54) is 55.2 Å². The first-order valence-electron chi connectivity index (χ1n) is 10.5. The molecule has 0 unspecified atom stereocenters. The predicted molar refractivity (Wildman–Crippen MR) is 112 cm³/mol. The van der Waals surface area contributed by atoms with Crippen LogP contribution in [-0.4, -0.2) is 48.9 Å². The molecule has 1 saturated carbocycles. The summed E-state index contributed by atoms with van der Waals surface area (Å²) in [6.45, 7) is 3.31. The lowest BCUT2D eigenvalue weighted by Crippen LogP contribution is -2.44. The second kappa shape index (κ2) is 8.44. The molecule has 0 spiro atoms. The number of hydrogen-bond acceptors (Lipinski definition) is 5. The van der Waals surface area contributed by atoms with Crippen molar-refractivity contribution in [3.05, 3.63) is 30.0 Å². The third-order valence-electron chi connectivity index (χ3n) is 6.30. The molecule has 1 aliphatic heterocycles. The van der Waals surface area contributed by atoms with Gasteiger partial charge in [0.25, 0.3) is 0 Å². The summed E-state index contributed by atoms with van der Waals surface area (Å²) in [4.78, 5) is 6.77. The number of aromatic hydroxyl groups is 1. The zero-order chi connectivity index (χ0) is 18.6. The molecule has 1 aromatic heterocycles. The van der Waals surface area contributed by atoms with Gasteiger partial charge in [0.2, 0.25) is 5.88 Å². The average molecular weight is 369 g/mol. The maximum Gasteiger partial charge on any atom is 0.218 e. The fraction of sp³-hybridized carbons (Fsp3) is 0.591. The molecule has 2 heterocycles. The van der Waals surface area contributed by atoms with Crippen molar-refractivity contribution in [1.29, 1.82) is 0 Å². The van der Waals surface area contributed by atoms with Gasteiger partial charge in [-0.1, -0.05) is 6.07 Å². The van der Waals surface area contributed by atoms with Gasteiger partial charge in [0.05, 0.1) is 0 Å². The molecule has 0 amide bonds. The maximum atomic E-state index is 10.2. The second-order valence-electron chi connectivity index (χ2n) is 8.02. The lowest BCUT2D eigenvalue weighted by molar-refractivity contribution is 0.329. The number of anilines is 1. The monoisotopic (exact) mass is 368 g/mol. The van der Waals surface area contributed by atoms with Crippen LogP contribution in [-0.2, 0) is 6.42 Å². The lowest BCUT2D eigenvalue weighted by atomic mass is 9.88. The van der Waals surface area contributed by atoms with Crippen molar-refractivity contribution in [2.45, 2.75) is 57.0 Å². The minimum atomic E-state index is 0.156. The normalized spacial score (nSPS) is 22.3. The van der Waals surface area contributed by atoms with E-state index in [-0.39, 0.29) is 5.88 Å². The Labute approximate surface area is 162 Å². The van der Waals surface area contributed by atoms with Gasteiger partial charge in [-0.05, 0) is 82.8 Å². The Hall–Kier alpha value is -1.85. The summed E-state index contributed by atoms with van der Waals surface area (Å²) in [7, 11) is 2.02. The van der Waals surface area contributed by atoms with E-state index < -0.39 is 0 Å². The molecule has 2 aliphatic rings. The van der Waals surface area contributed by atoms with Gasteiger partial charge >= 0.3 is 0 Å². The molecule has 5 nitrogen and oxygen atoms in total. The number of benzene rings is 1. The second-order valence-corrected chi connectivity index (χ2v) is 8.02. The van der Waals surface area contributed by atoms with Gasteiger partial charge in [-0.3, -0.25) is 0 Å². The number of aromatic nitrogens is 1. The fourth-order valence-electron chi connectivity index (χ4n) is 4.83. The Kier molecular flexibility index (Phi) is 5.79. The summed E-state index contributed by atoms with van der Waals surface area (Å²) in [6, 6.07) is 7.55. The van der Waals surface area contributed by atoms with Gasteiger partial charge in [-0.25, -0.2) is 4.98 Å². The smallest absolute Gasteiger partial charge is 0.218 e. The molecule has 146 valence electrons. The quantitative estimate of drug-likeness (QED) is 0.655. The van der Waals surface area contributed by atoms with Crippen LogP contribution in [0.25, 0.3) is 10.8 Å². The molecule has 4 rings (SSSR count). The summed E-state index contributed by atoms with van der Waals surface area (Å²) < 4.78 is 0. The molecule has 1 fully saturated rings. The molecule has 0 radical (unpaired) electrons. The zero-order valence-electron chi connectivity index (χ0n) is 16.4. The highest BCUT2D eigenvalue weighted by atomic mass is 16.3. The number of nitrogens with zero attached hydrogens (tertiary/aromatic N) is 2. The zero-order valence-corrected chi connectivity index (χ0v) is 16.4. The third kappa shape index (κ3) is 3.90. The van der Waals surface area contributed by atoms with Gasteiger partial charge in [-0.15, -0.1) is 0 Å². The van der Waals surface area contributed by atoms with Crippen LogP contribution in [0.1, 0.15) is 44.1 Å². The van der Waals surface area contributed by atoms with E-state index >= 15 is 0 Å². The van der Waals surface area contributed by atoms with Crippen molar-refractivity contribution in [1.82, 2.24) is 15.6 Å². The van der Waals surface area contributed by atoms with Gasteiger partial charge in [0.1, 0.15) is 0 Å². The Bertz CT molecular complexity index is 770. The lowest BCUT2D eigenvalue weighted by Gasteiger charge is -2.41. The maximum absolute atomic E-state index is 10.2.